The van der Waals surface area contributed by atoms with Gasteiger partial charge in [0.15, 0.2) is 17.3 Å². The summed E-state index contributed by atoms with van der Waals surface area (Å²) in [5.41, 5.74) is 6.55. The van der Waals surface area contributed by atoms with Crippen molar-refractivity contribution < 1.29 is 0 Å². The summed E-state index contributed by atoms with van der Waals surface area (Å²) in [6, 6.07) is 16.7. The van der Waals surface area contributed by atoms with Crippen LogP contribution in [-0.4, -0.2) is 91.4 Å². The van der Waals surface area contributed by atoms with Crippen LogP contribution in [0.15, 0.2) is 54.7 Å². The fourth-order valence-corrected chi connectivity index (χ4v) is 3.72. The molecule has 1 radical (unpaired) electrons. The van der Waals surface area contributed by atoms with Gasteiger partial charge in [-0.3, -0.25) is 4.68 Å². The third-order valence-corrected chi connectivity index (χ3v) is 5.30. The number of rotatable bonds is 6. The van der Waals surface area contributed by atoms with Gasteiger partial charge < -0.3 is 0 Å². The van der Waals surface area contributed by atoms with Crippen molar-refractivity contribution in [1.29, 1.82) is 0 Å². The first kappa shape index (κ1) is 22.0. The summed E-state index contributed by atoms with van der Waals surface area (Å²) < 4.78 is 4.06. The quantitative estimate of drug-likeness (QED) is 0.412. The molecule has 0 amide bonds. The number of nitrogens with one attached hydrogen (secondary N) is 1. The standard InChI is InChI=1S/C22H22N8.K/c1-3-16-14-29(30-22(16)23-20(4-2)26-30)13-15-9-11-17(12-10-15)18-7-5-6-8-19(18)21-24-27-28-25-21;/h5-12,14H,3-4,13H2,1-2H3,(H,24,25,27,28);. The van der Waals surface area contributed by atoms with Gasteiger partial charge in [-0.05, 0) is 33.5 Å². The Hall–Kier alpha value is -2.17. The summed E-state index contributed by atoms with van der Waals surface area (Å²) >= 11 is 0. The number of aromatic amines is 1. The van der Waals surface area contributed by atoms with E-state index in [0.717, 1.165) is 47.5 Å². The van der Waals surface area contributed by atoms with Crippen molar-refractivity contribution in [3.05, 3.63) is 71.7 Å². The maximum atomic E-state index is 4.66. The average Bonchev–Trinajstić information content (AvgIpc) is 3.52. The summed E-state index contributed by atoms with van der Waals surface area (Å²) in [5, 5.41) is 19.0. The third-order valence-electron chi connectivity index (χ3n) is 5.30. The molecule has 8 nitrogen and oxygen atoms in total. The number of aryl methyl sites for hydroxylation is 2. The van der Waals surface area contributed by atoms with Gasteiger partial charge in [-0.15, -0.1) is 10.2 Å². The number of benzene rings is 2. The van der Waals surface area contributed by atoms with Crippen LogP contribution >= 0.6 is 0 Å². The zero-order chi connectivity index (χ0) is 20.5. The topological polar surface area (TPSA) is 89.6 Å². The van der Waals surface area contributed by atoms with Gasteiger partial charge in [0.25, 0.3) is 0 Å². The largest absolute Gasteiger partial charge is 0.266 e. The van der Waals surface area contributed by atoms with Crippen molar-refractivity contribution >= 4 is 57.0 Å². The second-order valence-electron chi connectivity index (χ2n) is 7.19. The number of hydrogen-bond donors (Lipinski definition) is 1. The van der Waals surface area contributed by atoms with Crippen molar-refractivity contribution in [2.45, 2.75) is 33.2 Å². The van der Waals surface area contributed by atoms with Crippen LogP contribution in [0.4, 0.5) is 0 Å². The first-order valence-electron chi connectivity index (χ1n) is 10.1. The Balaban J connectivity index is 0.00000231. The molecule has 5 aromatic rings. The van der Waals surface area contributed by atoms with E-state index in [-0.39, 0.29) is 51.4 Å². The molecule has 0 saturated carbocycles. The Bertz CT molecular complexity index is 1290. The molecule has 9 heteroatoms. The molecular weight excluding hydrogens is 415 g/mol. The summed E-state index contributed by atoms with van der Waals surface area (Å²) in [7, 11) is 0. The van der Waals surface area contributed by atoms with Crippen molar-refractivity contribution in [2.24, 2.45) is 0 Å². The van der Waals surface area contributed by atoms with Gasteiger partial charge in [0.1, 0.15) is 0 Å². The van der Waals surface area contributed by atoms with E-state index in [1.807, 2.05) is 22.8 Å². The van der Waals surface area contributed by atoms with Crippen molar-refractivity contribution in [3.63, 3.8) is 0 Å². The number of aromatic nitrogens is 8. The van der Waals surface area contributed by atoms with Crippen LogP contribution in [0.5, 0.6) is 0 Å². The number of hydrogen-bond acceptors (Lipinski definition) is 5. The molecular formula is C22H22KN8. The first-order valence-corrected chi connectivity index (χ1v) is 10.1. The van der Waals surface area contributed by atoms with E-state index in [1.165, 1.54) is 11.1 Å². The molecule has 0 saturated heterocycles. The molecule has 151 valence electrons. The predicted octanol–water partition coefficient (Wildman–Crippen LogP) is 3.17. The number of H-pyrrole nitrogens is 1. The van der Waals surface area contributed by atoms with Gasteiger partial charge in [-0.2, -0.15) is 4.63 Å². The smallest absolute Gasteiger partial charge is 0.180 e. The first-order chi connectivity index (χ1) is 14.8. The van der Waals surface area contributed by atoms with Crippen LogP contribution in [0.25, 0.3) is 28.2 Å². The minimum Gasteiger partial charge on any atom is -0.266 e. The van der Waals surface area contributed by atoms with E-state index in [0.29, 0.717) is 5.82 Å². The van der Waals surface area contributed by atoms with Gasteiger partial charge in [0.2, 0.25) is 0 Å². The number of fused-ring (bicyclic) bond motifs is 1. The van der Waals surface area contributed by atoms with Crippen LogP contribution < -0.4 is 0 Å². The van der Waals surface area contributed by atoms with E-state index < -0.39 is 0 Å². The zero-order valence-electron chi connectivity index (χ0n) is 17.9. The molecule has 3 heterocycles. The summed E-state index contributed by atoms with van der Waals surface area (Å²) in [6.07, 6.45) is 3.92. The van der Waals surface area contributed by atoms with Crippen LogP contribution in [0.2, 0.25) is 0 Å². The maximum Gasteiger partial charge on any atom is 0.180 e. The van der Waals surface area contributed by atoms with Crippen molar-refractivity contribution in [2.75, 3.05) is 0 Å². The fraction of sp³-hybridized carbons (Fsp3) is 0.227. The Morgan fingerprint density at radius 3 is 2.39 bits per heavy atom. The summed E-state index contributed by atoms with van der Waals surface area (Å²) in [5.74, 6) is 1.54. The molecule has 1 N–H and O–H groups in total. The molecule has 0 aliphatic heterocycles. The molecule has 0 bridgehead atoms. The van der Waals surface area contributed by atoms with E-state index in [9.17, 15) is 0 Å². The van der Waals surface area contributed by atoms with E-state index in [2.05, 4.69) is 85.8 Å². The summed E-state index contributed by atoms with van der Waals surface area (Å²) in [4.78, 5) is 4.66. The second kappa shape index (κ2) is 9.54. The molecule has 5 rings (SSSR count). The molecule has 0 aliphatic rings. The van der Waals surface area contributed by atoms with Gasteiger partial charge in [0, 0.05) is 75.1 Å². The molecule has 0 fully saturated rings. The van der Waals surface area contributed by atoms with Gasteiger partial charge >= 0.3 is 0 Å². The molecule has 31 heavy (non-hydrogen) atoms. The zero-order valence-corrected chi connectivity index (χ0v) is 21.1. The second-order valence-corrected chi connectivity index (χ2v) is 7.19. The minimum atomic E-state index is 0. The van der Waals surface area contributed by atoms with Gasteiger partial charge in [-0.25, -0.2) is 10.1 Å². The van der Waals surface area contributed by atoms with Crippen LogP contribution in [0.3, 0.4) is 0 Å². The Morgan fingerprint density at radius 1 is 0.935 bits per heavy atom. The molecule has 2 aromatic carbocycles. The molecule has 0 atom stereocenters. The Labute approximate surface area is 222 Å². The normalized spacial score (nSPS) is 11.0. The van der Waals surface area contributed by atoms with Crippen molar-refractivity contribution in [1.82, 2.24) is 40.0 Å². The van der Waals surface area contributed by atoms with E-state index in [1.54, 1.807) is 0 Å². The number of nitrogens with zero attached hydrogens (tertiary/aromatic N) is 7. The van der Waals surface area contributed by atoms with Crippen molar-refractivity contribution in [3.8, 4) is 22.5 Å². The molecule has 0 aliphatic carbocycles. The molecule has 0 spiro atoms. The van der Waals surface area contributed by atoms with Crippen LogP contribution in [0, 0.1) is 0 Å². The SMILES string of the molecule is CCc1nc2c(CC)cn(Cc3ccc(-c4ccccc4-c4nnn[nH]4)cc3)n2n1.[K]. The van der Waals surface area contributed by atoms with Crippen LogP contribution in [-0.2, 0) is 19.4 Å². The maximum absolute atomic E-state index is 4.66. The molecule has 3 aromatic heterocycles. The van der Waals surface area contributed by atoms with Gasteiger partial charge in [-0.1, -0.05) is 62.4 Å². The Morgan fingerprint density at radius 2 is 1.71 bits per heavy atom. The molecule has 0 unspecified atom stereocenters. The third kappa shape index (κ3) is 4.28. The van der Waals surface area contributed by atoms with E-state index >= 15 is 0 Å². The monoisotopic (exact) mass is 437 g/mol. The Kier molecular flexibility index (Phi) is 6.78. The average molecular weight is 438 g/mol. The van der Waals surface area contributed by atoms with E-state index in [4.69, 9.17) is 0 Å². The number of tetrazole rings is 1. The van der Waals surface area contributed by atoms with Crippen LogP contribution in [0.1, 0.15) is 30.8 Å². The van der Waals surface area contributed by atoms with Gasteiger partial charge in [0.05, 0.1) is 6.54 Å². The predicted molar refractivity (Wildman–Crippen MR) is 120 cm³/mol. The summed E-state index contributed by atoms with van der Waals surface area (Å²) in [6.45, 7) is 4.96. The minimum absolute atomic E-state index is 0. The fourth-order valence-electron chi connectivity index (χ4n) is 3.72.